The van der Waals surface area contributed by atoms with Gasteiger partial charge in [0.25, 0.3) is 5.69 Å². The van der Waals surface area contributed by atoms with Gasteiger partial charge in [0.2, 0.25) is 5.91 Å². The van der Waals surface area contributed by atoms with Gasteiger partial charge in [-0.05, 0) is 31.2 Å². The predicted molar refractivity (Wildman–Crippen MR) is 105 cm³/mol. The van der Waals surface area contributed by atoms with E-state index in [0.717, 1.165) is 11.0 Å². The van der Waals surface area contributed by atoms with Crippen LogP contribution in [-0.4, -0.2) is 33.2 Å². The smallest absolute Gasteiger partial charge is 0.273 e. The number of ether oxygens (including phenoxy) is 1. The standard InChI is InChI=1S/C17H15ClN4O4S/c1-9(27-17-20-12-5-3-10(18)7-14(12)21-17)16(23)19-13-6-4-11(22(24)25)8-15(13)26-2/h3-9H,1-2H3,(H,19,23)(H,20,21)/t9-/m0/s1. The van der Waals surface area contributed by atoms with Gasteiger partial charge in [-0.2, -0.15) is 0 Å². The van der Waals surface area contributed by atoms with E-state index in [1.807, 2.05) is 0 Å². The summed E-state index contributed by atoms with van der Waals surface area (Å²) < 4.78 is 5.13. The molecule has 1 atom stereocenters. The van der Waals surface area contributed by atoms with Crippen LogP contribution in [0.5, 0.6) is 5.75 Å². The molecule has 0 saturated carbocycles. The number of nitrogens with zero attached hydrogens (tertiary/aromatic N) is 2. The van der Waals surface area contributed by atoms with Crippen molar-refractivity contribution in [3.8, 4) is 5.75 Å². The summed E-state index contributed by atoms with van der Waals surface area (Å²) in [4.78, 5) is 30.3. The first-order valence-corrected chi connectivity index (χ1v) is 9.08. The second kappa shape index (κ2) is 7.85. The molecule has 3 rings (SSSR count). The van der Waals surface area contributed by atoms with Gasteiger partial charge in [-0.3, -0.25) is 14.9 Å². The maximum Gasteiger partial charge on any atom is 0.273 e. The Kier molecular flexibility index (Phi) is 5.52. The first kappa shape index (κ1) is 19.0. The number of fused-ring (bicyclic) bond motifs is 1. The van der Waals surface area contributed by atoms with Crippen LogP contribution in [0, 0.1) is 10.1 Å². The Balaban J connectivity index is 1.72. The summed E-state index contributed by atoms with van der Waals surface area (Å²) in [5.41, 5.74) is 1.78. The molecule has 3 aromatic rings. The Morgan fingerprint density at radius 3 is 2.85 bits per heavy atom. The van der Waals surface area contributed by atoms with E-state index < -0.39 is 10.2 Å². The molecule has 10 heteroatoms. The van der Waals surface area contributed by atoms with E-state index in [-0.39, 0.29) is 17.3 Å². The van der Waals surface area contributed by atoms with Gasteiger partial charge >= 0.3 is 0 Å². The molecule has 0 spiro atoms. The summed E-state index contributed by atoms with van der Waals surface area (Å²) in [5.74, 6) is -0.0706. The Hall–Kier alpha value is -2.78. The van der Waals surface area contributed by atoms with Crippen LogP contribution in [0.4, 0.5) is 11.4 Å². The van der Waals surface area contributed by atoms with E-state index in [4.69, 9.17) is 16.3 Å². The third kappa shape index (κ3) is 4.32. The van der Waals surface area contributed by atoms with Crippen molar-refractivity contribution in [1.82, 2.24) is 9.97 Å². The van der Waals surface area contributed by atoms with Crippen LogP contribution in [0.3, 0.4) is 0 Å². The Bertz CT molecular complexity index is 1020. The lowest BCUT2D eigenvalue weighted by molar-refractivity contribution is -0.384. The van der Waals surface area contributed by atoms with Crippen molar-refractivity contribution in [2.24, 2.45) is 0 Å². The third-order valence-electron chi connectivity index (χ3n) is 3.73. The normalized spacial score (nSPS) is 12.0. The van der Waals surface area contributed by atoms with Gasteiger partial charge in [0.15, 0.2) is 5.16 Å². The van der Waals surface area contributed by atoms with Crippen molar-refractivity contribution in [2.75, 3.05) is 12.4 Å². The van der Waals surface area contributed by atoms with E-state index in [1.165, 1.54) is 37.1 Å². The zero-order valence-electron chi connectivity index (χ0n) is 14.4. The average molecular weight is 407 g/mol. The largest absolute Gasteiger partial charge is 0.494 e. The lowest BCUT2D eigenvalue weighted by Gasteiger charge is -2.13. The van der Waals surface area contributed by atoms with Gasteiger partial charge in [0.1, 0.15) is 5.75 Å². The van der Waals surface area contributed by atoms with E-state index in [1.54, 1.807) is 25.1 Å². The highest BCUT2D eigenvalue weighted by molar-refractivity contribution is 8.00. The molecule has 0 aliphatic heterocycles. The summed E-state index contributed by atoms with van der Waals surface area (Å²) >= 11 is 7.21. The topological polar surface area (TPSA) is 110 Å². The number of non-ortho nitro benzene ring substituents is 1. The number of thioether (sulfide) groups is 1. The quantitative estimate of drug-likeness (QED) is 0.359. The number of amides is 1. The maximum absolute atomic E-state index is 12.5. The number of carbonyl (C=O) groups excluding carboxylic acids is 1. The van der Waals surface area contributed by atoms with Crippen molar-refractivity contribution < 1.29 is 14.5 Å². The zero-order chi connectivity index (χ0) is 19.6. The molecule has 140 valence electrons. The highest BCUT2D eigenvalue weighted by Gasteiger charge is 2.19. The number of aromatic nitrogens is 2. The van der Waals surface area contributed by atoms with Crippen LogP contribution in [0.25, 0.3) is 11.0 Å². The molecule has 0 unspecified atom stereocenters. The number of nitro benzene ring substituents is 1. The fourth-order valence-corrected chi connectivity index (χ4v) is 3.36. The maximum atomic E-state index is 12.5. The highest BCUT2D eigenvalue weighted by Crippen LogP contribution is 2.30. The highest BCUT2D eigenvalue weighted by atomic mass is 35.5. The second-order valence-electron chi connectivity index (χ2n) is 5.59. The summed E-state index contributed by atoms with van der Waals surface area (Å²) in [6, 6.07) is 9.31. The minimum atomic E-state index is -0.527. The molecular weight excluding hydrogens is 392 g/mol. The molecule has 0 aliphatic rings. The molecular formula is C17H15ClN4O4S. The molecule has 0 saturated heterocycles. The molecule has 0 fully saturated rings. The van der Waals surface area contributed by atoms with E-state index in [9.17, 15) is 14.9 Å². The lowest BCUT2D eigenvalue weighted by atomic mass is 10.2. The van der Waals surface area contributed by atoms with Crippen LogP contribution in [0.1, 0.15) is 6.92 Å². The van der Waals surface area contributed by atoms with Crippen molar-refractivity contribution in [2.45, 2.75) is 17.3 Å². The number of imidazole rings is 1. The van der Waals surface area contributed by atoms with E-state index in [0.29, 0.717) is 15.9 Å². The van der Waals surface area contributed by atoms with Crippen LogP contribution in [0.15, 0.2) is 41.6 Å². The summed E-state index contributed by atoms with van der Waals surface area (Å²) in [5, 5.41) is 14.3. The van der Waals surface area contributed by atoms with Gasteiger partial charge in [-0.15, -0.1) is 0 Å². The average Bonchev–Trinajstić information content (AvgIpc) is 3.02. The van der Waals surface area contributed by atoms with Crippen molar-refractivity contribution in [1.29, 1.82) is 0 Å². The Morgan fingerprint density at radius 2 is 2.15 bits per heavy atom. The van der Waals surface area contributed by atoms with Crippen LogP contribution in [0.2, 0.25) is 5.02 Å². The van der Waals surface area contributed by atoms with Gasteiger partial charge in [0, 0.05) is 11.1 Å². The zero-order valence-corrected chi connectivity index (χ0v) is 15.9. The Morgan fingerprint density at radius 1 is 1.37 bits per heavy atom. The van der Waals surface area contributed by atoms with E-state index in [2.05, 4.69) is 15.3 Å². The first-order valence-electron chi connectivity index (χ1n) is 7.82. The number of nitrogens with one attached hydrogen (secondary N) is 2. The van der Waals surface area contributed by atoms with Gasteiger partial charge < -0.3 is 15.0 Å². The minimum Gasteiger partial charge on any atom is -0.494 e. The number of nitro groups is 1. The molecule has 0 aliphatic carbocycles. The predicted octanol–water partition coefficient (Wildman–Crippen LogP) is 4.25. The van der Waals surface area contributed by atoms with Crippen molar-refractivity contribution >= 4 is 51.7 Å². The molecule has 27 heavy (non-hydrogen) atoms. The first-order chi connectivity index (χ1) is 12.9. The van der Waals surface area contributed by atoms with Gasteiger partial charge in [0.05, 0.1) is 40.1 Å². The number of hydrogen-bond acceptors (Lipinski definition) is 6. The summed E-state index contributed by atoms with van der Waals surface area (Å²) in [6.45, 7) is 1.73. The molecule has 2 aromatic carbocycles. The molecule has 2 N–H and O–H groups in total. The number of methoxy groups -OCH3 is 1. The van der Waals surface area contributed by atoms with Crippen LogP contribution in [-0.2, 0) is 4.79 Å². The van der Waals surface area contributed by atoms with Gasteiger partial charge in [-0.25, -0.2) is 4.98 Å². The molecule has 1 amide bonds. The fraction of sp³-hybridized carbons (Fsp3) is 0.176. The van der Waals surface area contributed by atoms with Crippen molar-refractivity contribution in [3.63, 3.8) is 0 Å². The number of hydrogen-bond donors (Lipinski definition) is 2. The number of aromatic amines is 1. The number of benzene rings is 2. The number of H-pyrrole nitrogens is 1. The fourth-order valence-electron chi connectivity index (χ4n) is 2.37. The second-order valence-corrected chi connectivity index (χ2v) is 7.36. The minimum absolute atomic E-state index is 0.117. The summed E-state index contributed by atoms with van der Waals surface area (Å²) in [6.07, 6.45) is 0. The number of anilines is 1. The molecule has 1 heterocycles. The Labute approximate surface area is 163 Å². The molecule has 8 nitrogen and oxygen atoms in total. The summed E-state index contributed by atoms with van der Waals surface area (Å²) in [7, 11) is 1.38. The SMILES string of the molecule is COc1cc([N+](=O)[O-])ccc1NC(=O)[C@H](C)Sc1nc2ccc(Cl)cc2[nH]1. The molecule has 0 bridgehead atoms. The van der Waals surface area contributed by atoms with Crippen molar-refractivity contribution in [3.05, 3.63) is 51.5 Å². The van der Waals surface area contributed by atoms with Gasteiger partial charge in [-0.1, -0.05) is 23.4 Å². The molecule has 1 aromatic heterocycles. The number of halogens is 1. The van der Waals surface area contributed by atoms with Crippen LogP contribution >= 0.6 is 23.4 Å². The third-order valence-corrected chi connectivity index (χ3v) is 4.95. The lowest BCUT2D eigenvalue weighted by Crippen LogP contribution is -2.22. The number of rotatable bonds is 6. The number of carbonyl (C=O) groups is 1. The van der Waals surface area contributed by atoms with Crippen LogP contribution < -0.4 is 10.1 Å². The molecule has 0 radical (unpaired) electrons. The monoisotopic (exact) mass is 406 g/mol. The van der Waals surface area contributed by atoms with E-state index >= 15 is 0 Å².